The van der Waals surface area contributed by atoms with Gasteiger partial charge in [-0.1, -0.05) is 26.7 Å². The minimum Gasteiger partial charge on any atom is -0.271 e. The van der Waals surface area contributed by atoms with Gasteiger partial charge in [-0.25, -0.2) is 0 Å². The molecular formula is C12H24N2. The van der Waals surface area contributed by atoms with Gasteiger partial charge in [0.25, 0.3) is 0 Å². The number of nitrogens with two attached hydrogens (primary N) is 1. The topological polar surface area (TPSA) is 38.0 Å². The molecule has 0 radical (unpaired) electrons. The molecule has 0 heterocycles. The molecule has 0 aromatic carbocycles. The van der Waals surface area contributed by atoms with Crippen LogP contribution in [0.4, 0.5) is 0 Å². The van der Waals surface area contributed by atoms with Gasteiger partial charge in [0, 0.05) is 6.04 Å². The molecule has 2 nitrogen and oxygen atoms in total. The first kappa shape index (κ1) is 10.4. The Labute approximate surface area is 87.6 Å². The van der Waals surface area contributed by atoms with Gasteiger partial charge < -0.3 is 0 Å². The van der Waals surface area contributed by atoms with Crippen molar-refractivity contribution in [1.29, 1.82) is 0 Å². The van der Waals surface area contributed by atoms with Crippen LogP contribution in [0.3, 0.4) is 0 Å². The van der Waals surface area contributed by atoms with Crippen LogP contribution < -0.4 is 11.3 Å². The van der Waals surface area contributed by atoms with Crippen molar-refractivity contribution in [2.75, 3.05) is 0 Å². The minimum absolute atomic E-state index is 0.498. The number of hydrogen-bond acceptors (Lipinski definition) is 2. The number of rotatable bonds is 3. The monoisotopic (exact) mass is 196 g/mol. The zero-order valence-electron chi connectivity index (χ0n) is 9.55. The summed E-state index contributed by atoms with van der Waals surface area (Å²) in [6, 6.07) is 0.588. The Bertz CT molecular complexity index is 196. The molecule has 2 saturated carbocycles. The lowest BCUT2D eigenvalue weighted by Gasteiger charge is -2.43. The lowest BCUT2D eigenvalue weighted by Crippen LogP contribution is -2.48. The van der Waals surface area contributed by atoms with E-state index in [1.54, 1.807) is 0 Å². The Balaban J connectivity index is 2.04. The van der Waals surface area contributed by atoms with E-state index in [1.807, 2.05) is 0 Å². The quantitative estimate of drug-likeness (QED) is 0.537. The zero-order valence-corrected chi connectivity index (χ0v) is 9.55. The van der Waals surface area contributed by atoms with Gasteiger partial charge in [0.2, 0.25) is 0 Å². The second-order valence-electron chi connectivity index (χ2n) is 5.87. The summed E-state index contributed by atoms with van der Waals surface area (Å²) >= 11 is 0. The van der Waals surface area contributed by atoms with Crippen LogP contribution in [0, 0.1) is 17.3 Å². The Morgan fingerprint density at radius 1 is 1.21 bits per heavy atom. The highest BCUT2D eigenvalue weighted by atomic mass is 15.2. The molecule has 0 aromatic heterocycles. The number of hydrogen-bond donors (Lipinski definition) is 2. The van der Waals surface area contributed by atoms with E-state index in [0.717, 1.165) is 11.8 Å². The van der Waals surface area contributed by atoms with Crippen molar-refractivity contribution in [2.24, 2.45) is 23.1 Å². The molecule has 2 aliphatic rings. The first-order valence-electron chi connectivity index (χ1n) is 6.11. The van der Waals surface area contributed by atoms with Gasteiger partial charge in [0.1, 0.15) is 0 Å². The summed E-state index contributed by atoms with van der Waals surface area (Å²) < 4.78 is 0. The Kier molecular flexibility index (Phi) is 2.85. The highest BCUT2D eigenvalue weighted by Crippen LogP contribution is 2.47. The molecule has 0 aliphatic heterocycles. The predicted molar refractivity (Wildman–Crippen MR) is 59.6 cm³/mol. The van der Waals surface area contributed by atoms with Gasteiger partial charge in [-0.2, -0.15) is 0 Å². The fourth-order valence-corrected chi connectivity index (χ4v) is 3.22. The van der Waals surface area contributed by atoms with Gasteiger partial charge in [0.15, 0.2) is 0 Å². The molecule has 2 rings (SSSR count). The Hall–Kier alpha value is -0.0800. The fraction of sp³-hybridized carbons (Fsp3) is 1.00. The SMILES string of the molecule is CC1(C)CCCCC1C(NN)C1CC1. The molecule has 14 heavy (non-hydrogen) atoms. The maximum atomic E-state index is 5.72. The maximum absolute atomic E-state index is 5.72. The van der Waals surface area contributed by atoms with Crippen molar-refractivity contribution in [2.45, 2.75) is 58.4 Å². The Morgan fingerprint density at radius 2 is 1.93 bits per heavy atom. The van der Waals surface area contributed by atoms with E-state index in [0.29, 0.717) is 11.5 Å². The highest BCUT2D eigenvalue weighted by Gasteiger charge is 2.43. The van der Waals surface area contributed by atoms with Crippen LogP contribution >= 0.6 is 0 Å². The molecule has 0 amide bonds. The summed E-state index contributed by atoms with van der Waals surface area (Å²) in [5, 5.41) is 0. The third-order valence-corrected chi connectivity index (χ3v) is 4.35. The molecule has 0 spiro atoms. The van der Waals surface area contributed by atoms with Crippen LogP contribution in [-0.2, 0) is 0 Å². The van der Waals surface area contributed by atoms with Crippen molar-refractivity contribution in [3.05, 3.63) is 0 Å². The van der Waals surface area contributed by atoms with Gasteiger partial charge in [-0.3, -0.25) is 11.3 Å². The van der Waals surface area contributed by atoms with Crippen molar-refractivity contribution in [1.82, 2.24) is 5.43 Å². The molecule has 82 valence electrons. The molecule has 2 fully saturated rings. The largest absolute Gasteiger partial charge is 0.271 e. The number of nitrogens with one attached hydrogen (secondary N) is 1. The van der Waals surface area contributed by atoms with E-state index in [4.69, 9.17) is 5.84 Å². The first-order chi connectivity index (χ1) is 6.65. The lowest BCUT2D eigenvalue weighted by atomic mass is 9.65. The van der Waals surface area contributed by atoms with Crippen molar-refractivity contribution >= 4 is 0 Å². The van der Waals surface area contributed by atoms with Gasteiger partial charge in [-0.15, -0.1) is 0 Å². The van der Waals surface area contributed by atoms with Crippen molar-refractivity contribution in [3.8, 4) is 0 Å². The van der Waals surface area contributed by atoms with Crippen molar-refractivity contribution in [3.63, 3.8) is 0 Å². The van der Waals surface area contributed by atoms with Gasteiger partial charge in [0.05, 0.1) is 0 Å². The second-order valence-corrected chi connectivity index (χ2v) is 5.87. The molecular weight excluding hydrogens is 172 g/mol. The van der Waals surface area contributed by atoms with E-state index >= 15 is 0 Å². The zero-order chi connectivity index (χ0) is 10.2. The van der Waals surface area contributed by atoms with Crippen LogP contribution in [0.15, 0.2) is 0 Å². The first-order valence-corrected chi connectivity index (χ1v) is 6.11. The summed E-state index contributed by atoms with van der Waals surface area (Å²) in [4.78, 5) is 0. The smallest absolute Gasteiger partial charge is 0.0272 e. The van der Waals surface area contributed by atoms with E-state index in [2.05, 4.69) is 19.3 Å². The molecule has 2 aliphatic carbocycles. The molecule has 0 aromatic rings. The third-order valence-electron chi connectivity index (χ3n) is 4.35. The number of hydrazine groups is 1. The summed E-state index contributed by atoms with van der Waals surface area (Å²) in [6.45, 7) is 4.84. The molecule has 3 N–H and O–H groups in total. The molecule has 2 heteroatoms. The van der Waals surface area contributed by atoms with E-state index in [9.17, 15) is 0 Å². The molecule has 0 bridgehead atoms. The summed E-state index contributed by atoms with van der Waals surface area (Å²) in [5.41, 5.74) is 3.59. The molecule has 2 atom stereocenters. The van der Waals surface area contributed by atoms with E-state index in [-0.39, 0.29) is 0 Å². The summed E-state index contributed by atoms with van der Waals surface area (Å²) in [7, 11) is 0. The van der Waals surface area contributed by atoms with Crippen LogP contribution in [-0.4, -0.2) is 6.04 Å². The predicted octanol–water partition coefficient (Wildman–Crippen LogP) is 2.44. The lowest BCUT2D eigenvalue weighted by molar-refractivity contribution is 0.0897. The van der Waals surface area contributed by atoms with Gasteiger partial charge in [-0.05, 0) is 42.9 Å². The average molecular weight is 196 g/mol. The van der Waals surface area contributed by atoms with Crippen LogP contribution in [0.5, 0.6) is 0 Å². The second kappa shape index (κ2) is 3.82. The van der Waals surface area contributed by atoms with Crippen molar-refractivity contribution < 1.29 is 0 Å². The van der Waals surface area contributed by atoms with Gasteiger partial charge >= 0.3 is 0 Å². The normalized spacial score (nSPS) is 34.1. The molecule has 2 unspecified atom stereocenters. The van der Waals surface area contributed by atoms with Crippen LogP contribution in [0.1, 0.15) is 52.4 Å². The fourth-order valence-electron chi connectivity index (χ4n) is 3.22. The maximum Gasteiger partial charge on any atom is 0.0272 e. The van der Waals surface area contributed by atoms with E-state index in [1.165, 1.54) is 38.5 Å². The molecule has 0 saturated heterocycles. The van der Waals surface area contributed by atoms with Crippen LogP contribution in [0.25, 0.3) is 0 Å². The summed E-state index contributed by atoms with van der Waals surface area (Å²) in [5.74, 6) is 7.39. The Morgan fingerprint density at radius 3 is 2.43 bits per heavy atom. The summed E-state index contributed by atoms with van der Waals surface area (Å²) in [6.07, 6.45) is 8.34. The third kappa shape index (κ3) is 1.96. The standard InChI is InChI=1S/C12H24N2/c1-12(2)8-4-3-5-10(12)11(14-13)9-6-7-9/h9-11,14H,3-8,13H2,1-2H3. The van der Waals surface area contributed by atoms with E-state index < -0.39 is 0 Å². The minimum atomic E-state index is 0.498. The highest BCUT2D eigenvalue weighted by molar-refractivity contribution is 4.96. The average Bonchev–Trinajstić information content (AvgIpc) is 2.92. The van der Waals surface area contributed by atoms with Crippen LogP contribution in [0.2, 0.25) is 0 Å².